The maximum Gasteiger partial charge on any atom is 0.284 e. The van der Waals surface area contributed by atoms with Crippen LogP contribution in [0.15, 0.2) is 59.9 Å². The summed E-state index contributed by atoms with van der Waals surface area (Å²) < 4.78 is 3.18. The highest BCUT2D eigenvalue weighted by Crippen LogP contribution is 2.39. The van der Waals surface area contributed by atoms with Gasteiger partial charge in [-0.05, 0) is 31.0 Å². The van der Waals surface area contributed by atoms with Gasteiger partial charge in [0, 0.05) is 25.9 Å². The minimum absolute atomic E-state index is 0.187. The van der Waals surface area contributed by atoms with Gasteiger partial charge in [-0.2, -0.15) is 5.10 Å². The summed E-state index contributed by atoms with van der Waals surface area (Å²) in [6.07, 6.45) is 6.55. The van der Waals surface area contributed by atoms with Crippen molar-refractivity contribution in [1.82, 2.24) is 29.1 Å². The third kappa shape index (κ3) is 3.45. The van der Waals surface area contributed by atoms with E-state index in [9.17, 15) is 9.59 Å². The standard InChI is InChI=1S/C24H21ClN8O2/c1-14(34)29-17-12-26-21-19(17)23(28-13-27-21)31-10-5-8-18(31)22-30-32-11-9-16(25)20(32)24(35)33(22)15-6-3-2-4-7-15/h2-4,6-7,9,11-13,18H,5,8,10H2,1H3,(H,29,34)(H,26,27,28). The van der Waals surface area contributed by atoms with Crippen LogP contribution in [0.3, 0.4) is 0 Å². The number of para-hydroxylation sites is 1. The van der Waals surface area contributed by atoms with Crippen LogP contribution in [0.25, 0.3) is 22.2 Å². The van der Waals surface area contributed by atoms with Gasteiger partial charge in [0.1, 0.15) is 23.3 Å². The Hall–Kier alpha value is -4.18. The lowest BCUT2D eigenvalue weighted by Crippen LogP contribution is -2.33. The molecule has 0 bridgehead atoms. The third-order valence-electron chi connectivity index (χ3n) is 6.26. The highest BCUT2D eigenvalue weighted by molar-refractivity contribution is 6.33. The van der Waals surface area contributed by atoms with E-state index in [1.807, 2.05) is 30.3 Å². The summed E-state index contributed by atoms with van der Waals surface area (Å²) in [6.45, 7) is 2.16. The minimum atomic E-state index is -0.244. The van der Waals surface area contributed by atoms with Crippen LogP contribution in [0, 0.1) is 0 Å². The number of hydrogen-bond donors (Lipinski definition) is 2. The molecule has 1 amide bonds. The molecule has 1 fully saturated rings. The predicted octanol–water partition coefficient (Wildman–Crippen LogP) is 3.71. The average molecular weight is 489 g/mol. The maximum absolute atomic E-state index is 13.7. The summed E-state index contributed by atoms with van der Waals surface area (Å²) in [5.41, 5.74) is 2.02. The topological polar surface area (TPSA) is 113 Å². The zero-order chi connectivity index (χ0) is 24.1. The molecule has 35 heavy (non-hydrogen) atoms. The van der Waals surface area contributed by atoms with Crippen molar-refractivity contribution in [2.24, 2.45) is 0 Å². The van der Waals surface area contributed by atoms with Crippen molar-refractivity contribution >= 4 is 45.6 Å². The van der Waals surface area contributed by atoms with Crippen LogP contribution in [-0.2, 0) is 4.79 Å². The predicted molar refractivity (Wildman–Crippen MR) is 133 cm³/mol. The van der Waals surface area contributed by atoms with Crippen molar-refractivity contribution in [2.75, 3.05) is 16.8 Å². The molecule has 0 spiro atoms. The Balaban J connectivity index is 1.57. The first-order chi connectivity index (χ1) is 17.0. The number of hydrogen-bond acceptors (Lipinski definition) is 6. The molecule has 1 unspecified atom stereocenters. The zero-order valence-electron chi connectivity index (χ0n) is 18.8. The lowest BCUT2D eigenvalue weighted by molar-refractivity contribution is -0.114. The van der Waals surface area contributed by atoms with Gasteiger partial charge in [0.15, 0.2) is 5.82 Å². The fourth-order valence-corrected chi connectivity index (χ4v) is 5.05. The molecule has 5 aromatic rings. The number of nitrogens with zero attached hydrogens (tertiary/aromatic N) is 6. The van der Waals surface area contributed by atoms with E-state index in [0.717, 1.165) is 12.8 Å². The van der Waals surface area contributed by atoms with Crippen molar-refractivity contribution in [3.8, 4) is 5.69 Å². The molecule has 2 N–H and O–H groups in total. The van der Waals surface area contributed by atoms with E-state index in [1.54, 1.807) is 27.5 Å². The van der Waals surface area contributed by atoms with Gasteiger partial charge in [-0.15, -0.1) is 0 Å². The number of anilines is 2. The van der Waals surface area contributed by atoms with Gasteiger partial charge in [-0.3, -0.25) is 14.2 Å². The van der Waals surface area contributed by atoms with E-state index in [0.29, 0.717) is 51.1 Å². The molecule has 11 heteroatoms. The van der Waals surface area contributed by atoms with Crippen molar-refractivity contribution in [2.45, 2.75) is 25.8 Å². The van der Waals surface area contributed by atoms with Gasteiger partial charge >= 0.3 is 0 Å². The van der Waals surface area contributed by atoms with Crippen molar-refractivity contribution in [3.63, 3.8) is 0 Å². The SMILES string of the molecule is CC(=O)Nc1c[nH]c2ncnc(N3CCCC3c3nn4ccc(Cl)c4c(=O)n3-c3ccccc3)c12. The molecule has 5 heterocycles. The van der Waals surface area contributed by atoms with Gasteiger partial charge in [0.05, 0.1) is 27.8 Å². The number of halogens is 1. The molecule has 176 valence electrons. The molecule has 0 saturated carbocycles. The molecule has 1 atom stereocenters. The van der Waals surface area contributed by atoms with Crippen LogP contribution in [0.4, 0.5) is 11.5 Å². The maximum atomic E-state index is 13.7. The van der Waals surface area contributed by atoms with Gasteiger partial charge in [0.2, 0.25) is 5.91 Å². The molecule has 1 aromatic carbocycles. The van der Waals surface area contributed by atoms with E-state index >= 15 is 0 Å². The van der Waals surface area contributed by atoms with E-state index in [1.165, 1.54) is 13.3 Å². The molecule has 1 aliphatic heterocycles. The third-order valence-corrected chi connectivity index (χ3v) is 6.57. The number of aromatic nitrogens is 6. The number of nitrogens with one attached hydrogen (secondary N) is 2. The summed E-state index contributed by atoms with van der Waals surface area (Å²) in [5, 5.41) is 8.78. The molecule has 0 radical (unpaired) electrons. The Morgan fingerprint density at radius 2 is 2.03 bits per heavy atom. The van der Waals surface area contributed by atoms with Crippen LogP contribution in [0.2, 0.25) is 5.02 Å². The fraction of sp³-hybridized carbons (Fsp3) is 0.208. The van der Waals surface area contributed by atoms with Crippen molar-refractivity contribution < 1.29 is 4.79 Å². The van der Waals surface area contributed by atoms with E-state index in [4.69, 9.17) is 16.7 Å². The van der Waals surface area contributed by atoms with Crippen LogP contribution in [0.1, 0.15) is 31.6 Å². The van der Waals surface area contributed by atoms with Crippen LogP contribution in [0.5, 0.6) is 0 Å². The number of amides is 1. The molecule has 6 rings (SSSR count). The van der Waals surface area contributed by atoms with Gasteiger partial charge < -0.3 is 15.2 Å². The second-order valence-corrected chi connectivity index (χ2v) is 8.85. The quantitative estimate of drug-likeness (QED) is 0.398. The fourth-order valence-electron chi connectivity index (χ4n) is 4.83. The lowest BCUT2D eigenvalue weighted by Gasteiger charge is -2.28. The molecule has 1 saturated heterocycles. The number of benzene rings is 1. The second-order valence-electron chi connectivity index (χ2n) is 8.45. The second kappa shape index (κ2) is 8.24. The summed E-state index contributed by atoms with van der Waals surface area (Å²) in [4.78, 5) is 39.7. The van der Waals surface area contributed by atoms with Gasteiger partial charge in [0.25, 0.3) is 5.56 Å². The molecule has 0 aliphatic carbocycles. The van der Waals surface area contributed by atoms with E-state index in [2.05, 4.69) is 25.2 Å². The lowest BCUT2D eigenvalue weighted by atomic mass is 10.1. The number of fused-ring (bicyclic) bond motifs is 2. The Bertz CT molecular complexity index is 1640. The zero-order valence-corrected chi connectivity index (χ0v) is 19.5. The Kier molecular flexibility index (Phi) is 5.03. The first kappa shape index (κ1) is 21.4. The summed E-state index contributed by atoms with van der Waals surface area (Å²) in [7, 11) is 0. The van der Waals surface area contributed by atoms with Gasteiger partial charge in [-0.25, -0.2) is 14.5 Å². The number of rotatable bonds is 4. The molecular formula is C24H21ClN8O2. The highest BCUT2D eigenvalue weighted by Gasteiger charge is 2.34. The first-order valence-corrected chi connectivity index (χ1v) is 11.6. The molecule has 10 nitrogen and oxygen atoms in total. The molecule has 4 aromatic heterocycles. The first-order valence-electron chi connectivity index (χ1n) is 11.2. The van der Waals surface area contributed by atoms with Crippen molar-refractivity contribution in [3.05, 3.63) is 76.3 Å². The largest absolute Gasteiger partial charge is 0.346 e. The van der Waals surface area contributed by atoms with E-state index < -0.39 is 0 Å². The molecular weight excluding hydrogens is 468 g/mol. The Morgan fingerprint density at radius 1 is 1.20 bits per heavy atom. The summed E-state index contributed by atoms with van der Waals surface area (Å²) >= 11 is 6.35. The monoisotopic (exact) mass is 488 g/mol. The van der Waals surface area contributed by atoms with Crippen LogP contribution >= 0.6 is 11.6 Å². The normalized spacial score (nSPS) is 15.8. The van der Waals surface area contributed by atoms with Crippen LogP contribution < -0.4 is 15.8 Å². The molecule has 1 aliphatic rings. The summed E-state index contributed by atoms with van der Waals surface area (Å²) in [5.74, 6) is 1.07. The van der Waals surface area contributed by atoms with Crippen LogP contribution in [-0.4, -0.2) is 41.6 Å². The summed E-state index contributed by atoms with van der Waals surface area (Å²) in [6, 6.07) is 10.9. The number of aromatic amines is 1. The smallest absolute Gasteiger partial charge is 0.284 e. The number of H-pyrrole nitrogens is 1. The van der Waals surface area contributed by atoms with E-state index in [-0.39, 0.29) is 17.5 Å². The Morgan fingerprint density at radius 3 is 2.83 bits per heavy atom. The number of carbonyl (C=O) groups excluding carboxylic acids is 1. The number of carbonyl (C=O) groups is 1. The van der Waals surface area contributed by atoms with Gasteiger partial charge in [-0.1, -0.05) is 29.8 Å². The minimum Gasteiger partial charge on any atom is -0.346 e. The average Bonchev–Trinajstić information content (AvgIpc) is 3.58. The Labute approximate surface area is 204 Å². The van der Waals surface area contributed by atoms with Crippen molar-refractivity contribution in [1.29, 1.82) is 0 Å². The highest BCUT2D eigenvalue weighted by atomic mass is 35.5.